The number of hydrogen-bond donors (Lipinski definition) is 1. The first-order valence-corrected chi connectivity index (χ1v) is 9.77. The molecule has 1 N–H and O–H groups in total. The number of ketones is 1. The zero-order valence-electron chi connectivity index (χ0n) is 15.6. The number of Topliss-reactive ketones (excluding diaryl/α,β-unsaturated/α-hetero) is 1. The van der Waals surface area contributed by atoms with Gasteiger partial charge in [-0.1, -0.05) is 53.8 Å². The molecule has 0 unspecified atom stereocenters. The number of nitrogens with one attached hydrogen (secondary N) is 1. The molecule has 29 heavy (non-hydrogen) atoms. The Morgan fingerprint density at radius 1 is 0.897 bits per heavy atom. The Balaban J connectivity index is 1.67. The molecule has 0 fully saturated rings. The van der Waals surface area contributed by atoms with Gasteiger partial charge < -0.3 is 0 Å². The number of thiazole rings is 1. The standard InChI is InChI=1S/C22H17N5OS/c1-15-21(16-9-3-2-4-10-16)29-22(25-15)27-26-19(17-11-5-7-13-23-17)20(28)18-12-6-8-14-24-18/h2-14H,1H3,(H,25,27)/b26-19-. The molecular weight excluding hydrogens is 382 g/mol. The molecule has 0 spiro atoms. The Bertz CT molecular complexity index is 1140. The van der Waals surface area contributed by atoms with Crippen molar-refractivity contribution in [2.75, 3.05) is 5.43 Å². The van der Waals surface area contributed by atoms with Crippen LogP contribution in [0.25, 0.3) is 10.4 Å². The smallest absolute Gasteiger partial charge is 0.233 e. The summed E-state index contributed by atoms with van der Waals surface area (Å²) in [6, 6.07) is 20.6. The number of hydrogen-bond acceptors (Lipinski definition) is 7. The number of aromatic nitrogens is 3. The summed E-state index contributed by atoms with van der Waals surface area (Å²) in [5.41, 5.74) is 5.87. The lowest BCUT2D eigenvalue weighted by molar-refractivity contribution is 0.106. The second-order valence-corrected chi connectivity index (χ2v) is 7.13. The van der Waals surface area contributed by atoms with Crippen molar-refractivity contribution in [3.63, 3.8) is 0 Å². The molecule has 3 heterocycles. The predicted molar refractivity (Wildman–Crippen MR) is 115 cm³/mol. The van der Waals surface area contributed by atoms with Gasteiger partial charge in [-0.2, -0.15) is 5.10 Å². The molecule has 0 bridgehead atoms. The molecule has 0 aliphatic heterocycles. The summed E-state index contributed by atoms with van der Waals surface area (Å²) >= 11 is 1.48. The lowest BCUT2D eigenvalue weighted by atomic mass is 10.1. The second kappa shape index (κ2) is 8.53. The van der Waals surface area contributed by atoms with E-state index in [0.29, 0.717) is 16.5 Å². The van der Waals surface area contributed by atoms with Crippen molar-refractivity contribution in [2.24, 2.45) is 5.10 Å². The molecule has 142 valence electrons. The minimum atomic E-state index is -0.312. The predicted octanol–water partition coefficient (Wildman–Crippen LogP) is 4.61. The van der Waals surface area contributed by atoms with Gasteiger partial charge in [0.05, 0.1) is 16.3 Å². The van der Waals surface area contributed by atoms with Gasteiger partial charge in [-0.05, 0) is 36.8 Å². The molecule has 0 aliphatic carbocycles. The SMILES string of the molecule is Cc1nc(N/N=C(\C(=O)c2ccccn2)c2ccccn2)sc1-c1ccccc1. The quantitative estimate of drug-likeness (QED) is 0.291. The molecule has 7 heteroatoms. The summed E-state index contributed by atoms with van der Waals surface area (Å²) in [7, 11) is 0. The van der Waals surface area contributed by atoms with Gasteiger partial charge in [0.1, 0.15) is 5.69 Å². The summed E-state index contributed by atoms with van der Waals surface area (Å²) in [4.78, 5) is 27.0. The number of hydrazone groups is 1. The van der Waals surface area contributed by atoms with E-state index in [0.717, 1.165) is 16.1 Å². The highest BCUT2D eigenvalue weighted by Crippen LogP contribution is 2.32. The van der Waals surface area contributed by atoms with Crippen molar-refractivity contribution in [2.45, 2.75) is 6.92 Å². The van der Waals surface area contributed by atoms with Crippen LogP contribution in [0.2, 0.25) is 0 Å². The van der Waals surface area contributed by atoms with Crippen LogP contribution >= 0.6 is 11.3 Å². The Labute approximate surface area is 172 Å². The highest BCUT2D eigenvalue weighted by atomic mass is 32.1. The number of carbonyl (C=O) groups excluding carboxylic acids is 1. The lowest BCUT2D eigenvalue weighted by Gasteiger charge is -2.05. The lowest BCUT2D eigenvalue weighted by Crippen LogP contribution is -2.19. The highest BCUT2D eigenvalue weighted by molar-refractivity contribution is 7.19. The van der Waals surface area contributed by atoms with Crippen LogP contribution in [0.1, 0.15) is 21.9 Å². The first kappa shape index (κ1) is 18.6. The van der Waals surface area contributed by atoms with E-state index in [1.165, 1.54) is 11.3 Å². The first-order chi connectivity index (χ1) is 14.2. The minimum absolute atomic E-state index is 0.179. The summed E-state index contributed by atoms with van der Waals surface area (Å²) < 4.78 is 0. The number of carbonyl (C=O) groups is 1. The highest BCUT2D eigenvalue weighted by Gasteiger charge is 2.19. The minimum Gasteiger partial charge on any atom is -0.285 e. The molecule has 0 saturated heterocycles. The molecule has 3 aromatic heterocycles. The van der Waals surface area contributed by atoms with E-state index in [2.05, 4.69) is 25.5 Å². The number of benzene rings is 1. The van der Waals surface area contributed by atoms with E-state index in [-0.39, 0.29) is 11.5 Å². The van der Waals surface area contributed by atoms with Gasteiger partial charge in [-0.25, -0.2) is 4.98 Å². The molecule has 4 aromatic rings. The summed E-state index contributed by atoms with van der Waals surface area (Å²) in [6.45, 7) is 1.95. The summed E-state index contributed by atoms with van der Waals surface area (Å²) in [6.07, 6.45) is 3.20. The molecule has 0 saturated carbocycles. The van der Waals surface area contributed by atoms with Crippen molar-refractivity contribution in [3.8, 4) is 10.4 Å². The zero-order chi connectivity index (χ0) is 20.1. The van der Waals surface area contributed by atoms with Crippen LogP contribution in [0.15, 0.2) is 84.2 Å². The summed E-state index contributed by atoms with van der Waals surface area (Å²) in [5.74, 6) is -0.312. The number of aryl methyl sites for hydroxylation is 1. The number of anilines is 1. The second-order valence-electron chi connectivity index (χ2n) is 6.13. The fraction of sp³-hybridized carbons (Fsp3) is 0.0455. The Kier molecular flexibility index (Phi) is 5.49. The maximum atomic E-state index is 13.0. The van der Waals surface area contributed by atoms with Crippen LogP contribution in [0.5, 0.6) is 0 Å². The number of pyridine rings is 2. The zero-order valence-corrected chi connectivity index (χ0v) is 16.4. The third-order valence-corrected chi connectivity index (χ3v) is 5.23. The average molecular weight is 399 g/mol. The van der Waals surface area contributed by atoms with E-state index < -0.39 is 0 Å². The first-order valence-electron chi connectivity index (χ1n) is 8.96. The van der Waals surface area contributed by atoms with Gasteiger partial charge >= 0.3 is 0 Å². The topological polar surface area (TPSA) is 80.1 Å². The summed E-state index contributed by atoms with van der Waals surface area (Å²) in [5, 5.41) is 4.95. The fourth-order valence-corrected chi connectivity index (χ4v) is 3.67. The van der Waals surface area contributed by atoms with Crippen molar-refractivity contribution >= 4 is 28.0 Å². The van der Waals surface area contributed by atoms with Gasteiger partial charge in [0.2, 0.25) is 10.9 Å². The largest absolute Gasteiger partial charge is 0.285 e. The van der Waals surface area contributed by atoms with Gasteiger partial charge in [-0.3, -0.25) is 20.2 Å². The van der Waals surface area contributed by atoms with Gasteiger partial charge in [-0.15, -0.1) is 0 Å². The van der Waals surface area contributed by atoms with E-state index >= 15 is 0 Å². The van der Waals surface area contributed by atoms with Crippen LogP contribution in [0, 0.1) is 6.92 Å². The van der Waals surface area contributed by atoms with Crippen LogP contribution < -0.4 is 5.43 Å². The van der Waals surface area contributed by atoms with Gasteiger partial charge in [0.25, 0.3) is 0 Å². The maximum Gasteiger partial charge on any atom is 0.233 e. The third kappa shape index (κ3) is 4.25. The van der Waals surface area contributed by atoms with Crippen molar-refractivity contribution < 1.29 is 4.79 Å². The molecule has 0 atom stereocenters. The van der Waals surface area contributed by atoms with Crippen LogP contribution in [-0.4, -0.2) is 26.4 Å². The molecule has 0 amide bonds. The molecule has 0 radical (unpaired) electrons. The third-order valence-electron chi connectivity index (χ3n) is 4.12. The Hall–Kier alpha value is -3.71. The van der Waals surface area contributed by atoms with Crippen molar-refractivity contribution in [1.82, 2.24) is 15.0 Å². The van der Waals surface area contributed by atoms with E-state index in [1.807, 2.05) is 43.3 Å². The molecular formula is C22H17N5OS. The number of rotatable bonds is 6. The maximum absolute atomic E-state index is 13.0. The number of nitrogens with zero attached hydrogens (tertiary/aromatic N) is 4. The van der Waals surface area contributed by atoms with Gasteiger partial charge in [0, 0.05) is 12.4 Å². The van der Waals surface area contributed by atoms with Crippen LogP contribution in [-0.2, 0) is 0 Å². The van der Waals surface area contributed by atoms with E-state index in [4.69, 9.17) is 0 Å². The molecule has 0 aliphatic rings. The van der Waals surface area contributed by atoms with Crippen LogP contribution in [0.4, 0.5) is 5.13 Å². The molecule has 4 rings (SSSR count). The van der Waals surface area contributed by atoms with Gasteiger partial charge in [0.15, 0.2) is 5.71 Å². The monoisotopic (exact) mass is 399 g/mol. The van der Waals surface area contributed by atoms with E-state index in [1.54, 1.807) is 42.7 Å². The molecule has 1 aromatic carbocycles. The average Bonchev–Trinajstić information content (AvgIpc) is 3.16. The fourth-order valence-electron chi connectivity index (χ4n) is 2.75. The van der Waals surface area contributed by atoms with E-state index in [9.17, 15) is 4.79 Å². The normalized spacial score (nSPS) is 11.3. The van der Waals surface area contributed by atoms with Crippen LogP contribution in [0.3, 0.4) is 0 Å². The Morgan fingerprint density at radius 3 is 2.21 bits per heavy atom. The van der Waals surface area contributed by atoms with Crippen molar-refractivity contribution in [3.05, 3.63) is 96.2 Å². The Morgan fingerprint density at radius 2 is 1.55 bits per heavy atom. The van der Waals surface area contributed by atoms with Crippen molar-refractivity contribution in [1.29, 1.82) is 0 Å². The molecule has 6 nitrogen and oxygen atoms in total.